The van der Waals surface area contributed by atoms with E-state index in [-0.39, 0.29) is 0 Å². The zero-order valence-electron chi connectivity index (χ0n) is 12.8. The molecule has 1 aromatic rings. The van der Waals surface area contributed by atoms with Crippen LogP contribution < -0.4 is 9.47 Å². The minimum absolute atomic E-state index is 0.498. The second-order valence-corrected chi connectivity index (χ2v) is 5.23. The van der Waals surface area contributed by atoms with Gasteiger partial charge in [0.05, 0.1) is 13.2 Å². The van der Waals surface area contributed by atoms with E-state index in [1.807, 2.05) is 25.1 Å². The van der Waals surface area contributed by atoms with Crippen LogP contribution in [0.15, 0.2) is 18.2 Å². The van der Waals surface area contributed by atoms with Gasteiger partial charge in [0, 0.05) is 5.88 Å². The molecule has 2 nitrogen and oxygen atoms in total. The van der Waals surface area contributed by atoms with Crippen LogP contribution in [-0.2, 0) is 5.88 Å². The zero-order chi connectivity index (χ0) is 14.6. The van der Waals surface area contributed by atoms with Gasteiger partial charge in [0.25, 0.3) is 0 Å². The third kappa shape index (κ3) is 6.51. The highest BCUT2D eigenvalue weighted by Gasteiger charge is 2.06. The number of hydrogen-bond donors (Lipinski definition) is 0. The molecule has 0 saturated carbocycles. The molecule has 0 amide bonds. The average molecular weight is 299 g/mol. The summed E-state index contributed by atoms with van der Waals surface area (Å²) in [6.45, 7) is 5.61. The van der Waals surface area contributed by atoms with Gasteiger partial charge in [-0.1, -0.05) is 45.1 Å². The fraction of sp³-hybridized carbons (Fsp3) is 0.647. The lowest BCUT2D eigenvalue weighted by molar-refractivity contribution is 0.270. The molecule has 0 spiro atoms. The Morgan fingerprint density at radius 3 is 2.35 bits per heavy atom. The number of rotatable bonds is 11. The van der Waals surface area contributed by atoms with Crippen molar-refractivity contribution in [2.45, 2.75) is 58.3 Å². The van der Waals surface area contributed by atoms with E-state index in [2.05, 4.69) is 6.92 Å². The van der Waals surface area contributed by atoms with Crippen LogP contribution in [0.4, 0.5) is 0 Å². The summed E-state index contributed by atoms with van der Waals surface area (Å²) < 4.78 is 11.4. The van der Waals surface area contributed by atoms with Crippen LogP contribution in [0.25, 0.3) is 0 Å². The van der Waals surface area contributed by atoms with E-state index in [4.69, 9.17) is 21.1 Å². The normalized spacial score (nSPS) is 10.6. The van der Waals surface area contributed by atoms with Crippen LogP contribution in [0, 0.1) is 0 Å². The largest absolute Gasteiger partial charge is 0.490 e. The van der Waals surface area contributed by atoms with E-state index in [0.717, 1.165) is 30.1 Å². The van der Waals surface area contributed by atoms with Gasteiger partial charge >= 0.3 is 0 Å². The molecule has 0 radical (unpaired) electrons. The Kier molecular flexibility index (Phi) is 9.31. The van der Waals surface area contributed by atoms with Gasteiger partial charge in [-0.2, -0.15) is 0 Å². The maximum atomic E-state index is 5.84. The zero-order valence-corrected chi connectivity index (χ0v) is 13.5. The molecule has 114 valence electrons. The van der Waals surface area contributed by atoms with Crippen molar-refractivity contribution >= 4 is 11.6 Å². The number of hydrogen-bond acceptors (Lipinski definition) is 2. The topological polar surface area (TPSA) is 18.5 Å². The number of benzene rings is 1. The van der Waals surface area contributed by atoms with Gasteiger partial charge in [-0.05, 0) is 31.0 Å². The van der Waals surface area contributed by atoms with Crippen molar-refractivity contribution in [2.75, 3.05) is 13.2 Å². The molecule has 0 fully saturated rings. The van der Waals surface area contributed by atoms with Gasteiger partial charge < -0.3 is 9.47 Å². The van der Waals surface area contributed by atoms with E-state index in [0.29, 0.717) is 12.5 Å². The lowest BCUT2D eigenvalue weighted by Crippen LogP contribution is -2.01. The van der Waals surface area contributed by atoms with Crippen molar-refractivity contribution in [3.05, 3.63) is 23.8 Å². The molecular formula is C17H27ClO2. The first-order valence-corrected chi connectivity index (χ1v) is 8.29. The molecule has 3 heteroatoms. The molecule has 1 rings (SSSR count). The SMILES string of the molecule is CCCCCCCCOc1ccc(CCl)cc1OCC. The molecule has 20 heavy (non-hydrogen) atoms. The summed E-state index contributed by atoms with van der Waals surface area (Å²) in [5, 5.41) is 0. The minimum atomic E-state index is 0.498. The van der Waals surface area contributed by atoms with Crippen LogP contribution in [0.5, 0.6) is 11.5 Å². The first kappa shape index (κ1) is 17.2. The van der Waals surface area contributed by atoms with Gasteiger partial charge in [0.2, 0.25) is 0 Å². The summed E-state index contributed by atoms with van der Waals surface area (Å²) >= 11 is 5.84. The third-order valence-corrected chi connectivity index (χ3v) is 3.53. The van der Waals surface area contributed by atoms with Gasteiger partial charge in [-0.15, -0.1) is 11.6 Å². The summed E-state index contributed by atoms with van der Waals surface area (Å²) in [6.07, 6.45) is 7.62. The molecule has 0 bridgehead atoms. The summed E-state index contributed by atoms with van der Waals surface area (Å²) in [7, 11) is 0. The second-order valence-electron chi connectivity index (χ2n) is 4.96. The van der Waals surface area contributed by atoms with E-state index >= 15 is 0 Å². The fourth-order valence-corrected chi connectivity index (χ4v) is 2.25. The highest BCUT2D eigenvalue weighted by atomic mass is 35.5. The quantitative estimate of drug-likeness (QED) is 0.393. The van der Waals surface area contributed by atoms with Gasteiger partial charge in [-0.3, -0.25) is 0 Å². The lowest BCUT2D eigenvalue weighted by atomic mass is 10.1. The lowest BCUT2D eigenvalue weighted by Gasteiger charge is -2.12. The van der Waals surface area contributed by atoms with Gasteiger partial charge in [-0.25, -0.2) is 0 Å². The van der Waals surface area contributed by atoms with Crippen LogP contribution in [-0.4, -0.2) is 13.2 Å². The smallest absolute Gasteiger partial charge is 0.161 e. The van der Waals surface area contributed by atoms with E-state index in [1.54, 1.807) is 0 Å². The Hall–Kier alpha value is -0.890. The predicted octanol–water partition coefficient (Wildman–Crippen LogP) is 5.56. The average Bonchev–Trinajstić information content (AvgIpc) is 2.47. The Morgan fingerprint density at radius 1 is 0.900 bits per heavy atom. The molecule has 0 aliphatic carbocycles. The molecular weight excluding hydrogens is 272 g/mol. The fourth-order valence-electron chi connectivity index (χ4n) is 2.09. The van der Waals surface area contributed by atoms with E-state index in [1.165, 1.54) is 32.1 Å². The van der Waals surface area contributed by atoms with Crippen molar-refractivity contribution in [3.63, 3.8) is 0 Å². The van der Waals surface area contributed by atoms with Crippen molar-refractivity contribution in [1.82, 2.24) is 0 Å². The Labute approximate surface area is 128 Å². The summed E-state index contributed by atoms with van der Waals surface area (Å²) in [5.74, 6) is 2.13. The first-order chi connectivity index (χ1) is 9.81. The Bertz CT molecular complexity index is 366. The molecule has 0 aliphatic rings. The molecule has 0 unspecified atom stereocenters. The number of alkyl halides is 1. The van der Waals surface area contributed by atoms with Crippen LogP contribution >= 0.6 is 11.6 Å². The summed E-state index contributed by atoms with van der Waals surface area (Å²) in [5.41, 5.74) is 1.06. The third-order valence-electron chi connectivity index (χ3n) is 3.22. The van der Waals surface area contributed by atoms with Gasteiger partial charge in [0.1, 0.15) is 0 Å². The van der Waals surface area contributed by atoms with Crippen LogP contribution in [0.1, 0.15) is 57.9 Å². The van der Waals surface area contributed by atoms with E-state index in [9.17, 15) is 0 Å². The molecule has 0 N–H and O–H groups in total. The Morgan fingerprint density at radius 2 is 1.65 bits per heavy atom. The summed E-state index contributed by atoms with van der Waals surface area (Å²) in [6, 6.07) is 5.92. The number of halogens is 1. The second kappa shape index (κ2) is 10.8. The Balaban J connectivity index is 2.35. The molecule has 0 atom stereocenters. The van der Waals surface area contributed by atoms with Crippen molar-refractivity contribution in [2.24, 2.45) is 0 Å². The van der Waals surface area contributed by atoms with E-state index < -0.39 is 0 Å². The number of unbranched alkanes of at least 4 members (excludes halogenated alkanes) is 5. The van der Waals surface area contributed by atoms with Crippen molar-refractivity contribution in [1.29, 1.82) is 0 Å². The summed E-state index contributed by atoms with van der Waals surface area (Å²) in [4.78, 5) is 0. The van der Waals surface area contributed by atoms with Gasteiger partial charge in [0.15, 0.2) is 11.5 Å². The van der Waals surface area contributed by atoms with Crippen LogP contribution in [0.2, 0.25) is 0 Å². The molecule has 0 aromatic heterocycles. The molecule has 1 aromatic carbocycles. The molecule has 0 saturated heterocycles. The first-order valence-electron chi connectivity index (χ1n) is 7.76. The molecule has 0 aliphatic heterocycles. The van der Waals surface area contributed by atoms with Crippen molar-refractivity contribution < 1.29 is 9.47 Å². The maximum Gasteiger partial charge on any atom is 0.161 e. The van der Waals surface area contributed by atoms with Crippen molar-refractivity contribution in [3.8, 4) is 11.5 Å². The maximum absolute atomic E-state index is 5.84. The van der Waals surface area contributed by atoms with Crippen LogP contribution in [0.3, 0.4) is 0 Å². The predicted molar refractivity (Wildman–Crippen MR) is 86.0 cm³/mol. The highest BCUT2D eigenvalue weighted by molar-refractivity contribution is 6.17. The molecule has 0 heterocycles. The minimum Gasteiger partial charge on any atom is -0.490 e. The highest BCUT2D eigenvalue weighted by Crippen LogP contribution is 2.29. The standard InChI is InChI=1S/C17H27ClO2/c1-3-5-6-7-8-9-12-20-16-11-10-15(14-18)13-17(16)19-4-2/h10-11,13H,3-9,12,14H2,1-2H3. The number of ether oxygens (including phenoxy) is 2. The monoisotopic (exact) mass is 298 g/mol.